The van der Waals surface area contributed by atoms with Crippen molar-refractivity contribution >= 4 is 23.3 Å². The number of aromatic nitrogens is 1. The summed E-state index contributed by atoms with van der Waals surface area (Å²) < 4.78 is 4.72. The first kappa shape index (κ1) is 16.0. The van der Waals surface area contributed by atoms with Crippen LogP contribution in [0.2, 0.25) is 0 Å². The van der Waals surface area contributed by atoms with Gasteiger partial charge < -0.3 is 15.0 Å². The van der Waals surface area contributed by atoms with Crippen molar-refractivity contribution in [3.63, 3.8) is 0 Å². The highest BCUT2D eigenvalue weighted by atomic mass is 16.5. The highest BCUT2D eigenvalue weighted by Gasteiger charge is 2.19. The first-order valence-electron chi connectivity index (χ1n) is 7.87. The Morgan fingerprint density at radius 2 is 1.83 bits per heavy atom. The smallest absolute Gasteiger partial charge is 0.337 e. The molecular formula is C18H19N3O3. The van der Waals surface area contributed by atoms with Gasteiger partial charge in [-0.1, -0.05) is 6.07 Å². The van der Waals surface area contributed by atoms with Crippen molar-refractivity contribution in [1.29, 1.82) is 0 Å². The fourth-order valence-electron chi connectivity index (χ4n) is 2.74. The number of nitrogens with zero attached hydrogens (tertiary/aromatic N) is 2. The number of hydrogen-bond acceptors (Lipinski definition) is 5. The minimum atomic E-state index is -0.394. The number of esters is 1. The Kier molecular flexibility index (Phi) is 4.74. The maximum absolute atomic E-state index is 12.4. The van der Waals surface area contributed by atoms with Crippen LogP contribution in [0.15, 0.2) is 42.7 Å². The molecule has 2 heterocycles. The molecule has 1 aliphatic rings. The van der Waals surface area contributed by atoms with Crippen molar-refractivity contribution in [3.8, 4) is 0 Å². The molecule has 0 radical (unpaired) electrons. The number of carbonyl (C=O) groups is 2. The Morgan fingerprint density at radius 1 is 1.08 bits per heavy atom. The summed E-state index contributed by atoms with van der Waals surface area (Å²) in [5.74, 6) is -0.387. The Hall–Kier alpha value is -2.89. The van der Waals surface area contributed by atoms with E-state index in [1.165, 1.54) is 7.11 Å². The van der Waals surface area contributed by atoms with Gasteiger partial charge in [-0.3, -0.25) is 9.78 Å². The monoisotopic (exact) mass is 325 g/mol. The Morgan fingerprint density at radius 3 is 2.58 bits per heavy atom. The molecule has 2 aromatic rings. The van der Waals surface area contributed by atoms with Gasteiger partial charge in [0.05, 0.1) is 30.1 Å². The minimum absolute atomic E-state index is 0.00645. The van der Waals surface area contributed by atoms with Crippen molar-refractivity contribution in [2.24, 2.45) is 0 Å². The predicted molar refractivity (Wildman–Crippen MR) is 90.4 cm³/mol. The second kappa shape index (κ2) is 7.12. The molecule has 0 saturated carbocycles. The van der Waals surface area contributed by atoms with Crippen LogP contribution in [0.4, 0.5) is 11.4 Å². The summed E-state index contributed by atoms with van der Waals surface area (Å²) in [5.41, 5.74) is 2.44. The molecule has 6 nitrogen and oxygen atoms in total. The SMILES string of the molecule is COC(=O)c1cccc(Nc2cncc(C(=O)N3CCCC3)c2)c1. The van der Waals surface area contributed by atoms with E-state index in [9.17, 15) is 9.59 Å². The van der Waals surface area contributed by atoms with Crippen LogP contribution < -0.4 is 5.32 Å². The van der Waals surface area contributed by atoms with Crippen molar-refractivity contribution in [1.82, 2.24) is 9.88 Å². The average Bonchev–Trinajstić information content (AvgIpc) is 3.15. The van der Waals surface area contributed by atoms with E-state index in [4.69, 9.17) is 4.74 Å². The molecule has 24 heavy (non-hydrogen) atoms. The van der Waals surface area contributed by atoms with Gasteiger partial charge >= 0.3 is 5.97 Å². The van der Waals surface area contributed by atoms with Gasteiger partial charge in [0.25, 0.3) is 5.91 Å². The summed E-state index contributed by atoms with van der Waals surface area (Å²) in [7, 11) is 1.35. The van der Waals surface area contributed by atoms with Crippen LogP contribution in [0, 0.1) is 0 Å². The van der Waals surface area contributed by atoms with E-state index in [0.29, 0.717) is 16.8 Å². The first-order valence-corrected chi connectivity index (χ1v) is 7.87. The van der Waals surface area contributed by atoms with Crippen LogP contribution in [0.25, 0.3) is 0 Å². The molecule has 1 aliphatic heterocycles. The Labute approximate surface area is 140 Å². The van der Waals surface area contributed by atoms with Crippen LogP contribution in [-0.4, -0.2) is 42.0 Å². The minimum Gasteiger partial charge on any atom is -0.465 e. The van der Waals surface area contributed by atoms with Crippen molar-refractivity contribution in [3.05, 3.63) is 53.9 Å². The van der Waals surface area contributed by atoms with E-state index in [2.05, 4.69) is 10.3 Å². The second-order valence-electron chi connectivity index (χ2n) is 5.66. The molecule has 3 rings (SSSR count). The third-order valence-corrected chi connectivity index (χ3v) is 3.95. The highest BCUT2D eigenvalue weighted by Crippen LogP contribution is 2.20. The Balaban J connectivity index is 1.77. The number of rotatable bonds is 4. The molecule has 0 aliphatic carbocycles. The number of methoxy groups -OCH3 is 1. The van der Waals surface area contributed by atoms with Crippen molar-refractivity contribution < 1.29 is 14.3 Å². The van der Waals surface area contributed by atoms with Gasteiger partial charge in [0, 0.05) is 25.0 Å². The number of pyridine rings is 1. The number of anilines is 2. The maximum atomic E-state index is 12.4. The number of carbonyl (C=O) groups excluding carboxylic acids is 2. The van der Waals surface area contributed by atoms with Gasteiger partial charge in [-0.2, -0.15) is 0 Å². The van der Waals surface area contributed by atoms with Crippen molar-refractivity contribution in [2.75, 3.05) is 25.5 Å². The lowest BCUT2D eigenvalue weighted by molar-refractivity contribution is 0.0600. The number of nitrogens with one attached hydrogen (secondary N) is 1. The molecule has 0 bridgehead atoms. The van der Waals surface area contributed by atoms with E-state index < -0.39 is 5.97 Å². The van der Waals surface area contributed by atoms with Crippen LogP contribution in [0.5, 0.6) is 0 Å². The molecule has 1 fully saturated rings. The molecule has 0 unspecified atom stereocenters. The second-order valence-corrected chi connectivity index (χ2v) is 5.66. The molecule has 1 saturated heterocycles. The molecule has 1 aromatic heterocycles. The third-order valence-electron chi connectivity index (χ3n) is 3.95. The fraction of sp³-hybridized carbons (Fsp3) is 0.278. The van der Waals surface area contributed by atoms with Gasteiger partial charge in [0.1, 0.15) is 0 Å². The summed E-state index contributed by atoms with van der Waals surface area (Å²) in [6.07, 6.45) is 5.33. The van der Waals surface area contributed by atoms with Gasteiger partial charge in [-0.05, 0) is 37.1 Å². The highest BCUT2D eigenvalue weighted by molar-refractivity contribution is 5.95. The lowest BCUT2D eigenvalue weighted by atomic mass is 10.2. The van der Waals surface area contributed by atoms with E-state index in [0.717, 1.165) is 31.6 Å². The maximum Gasteiger partial charge on any atom is 0.337 e. The summed E-state index contributed by atoms with van der Waals surface area (Å²) in [5, 5.41) is 3.17. The van der Waals surface area contributed by atoms with Gasteiger partial charge in [0.2, 0.25) is 0 Å². The molecule has 1 amide bonds. The van der Waals surface area contributed by atoms with E-state index in [1.807, 2.05) is 11.0 Å². The number of amides is 1. The van der Waals surface area contributed by atoms with Crippen LogP contribution in [0.1, 0.15) is 33.6 Å². The third kappa shape index (κ3) is 3.53. The Bertz CT molecular complexity index is 755. The molecule has 1 aromatic carbocycles. The normalized spacial score (nSPS) is 13.6. The zero-order chi connectivity index (χ0) is 16.9. The van der Waals surface area contributed by atoms with E-state index in [1.54, 1.807) is 36.7 Å². The van der Waals surface area contributed by atoms with E-state index in [-0.39, 0.29) is 5.91 Å². The molecule has 124 valence electrons. The fourth-order valence-corrected chi connectivity index (χ4v) is 2.74. The summed E-state index contributed by atoms with van der Waals surface area (Å²) in [6, 6.07) is 8.75. The standard InChI is InChI=1S/C18H19N3O3/c1-24-18(23)13-5-4-6-15(9-13)20-16-10-14(11-19-12-16)17(22)21-7-2-3-8-21/h4-6,9-12,20H,2-3,7-8H2,1H3. The summed E-state index contributed by atoms with van der Waals surface area (Å²) in [4.78, 5) is 30.0. The molecule has 6 heteroatoms. The van der Waals surface area contributed by atoms with E-state index >= 15 is 0 Å². The number of ether oxygens (including phenoxy) is 1. The van der Waals surface area contributed by atoms with Crippen LogP contribution in [0.3, 0.4) is 0 Å². The van der Waals surface area contributed by atoms with Crippen LogP contribution >= 0.6 is 0 Å². The summed E-state index contributed by atoms with van der Waals surface area (Å²) >= 11 is 0. The van der Waals surface area contributed by atoms with Gasteiger partial charge in [-0.15, -0.1) is 0 Å². The molecule has 1 N–H and O–H groups in total. The molecular weight excluding hydrogens is 306 g/mol. The average molecular weight is 325 g/mol. The van der Waals surface area contributed by atoms with Crippen LogP contribution in [-0.2, 0) is 4.74 Å². The topological polar surface area (TPSA) is 71.5 Å². The molecule has 0 atom stereocenters. The zero-order valence-electron chi connectivity index (χ0n) is 13.5. The summed E-state index contributed by atoms with van der Waals surface area (Å²) in [6.45, 7) is 1.61. The molecule has 0 spiro atoms. The van der Waals surface area contributed by atoms with Crippen molar-refractivity contribution in [2.45, 2.75) is 12.8 Å². The quantitative estimate of drug-likeness (QED) is 0.875. The largest absolute Gasteiger partial charge is 0.465 e. The lowest BCUT2D eigenvalue weighted by Crippen LogP contribution is -2.27. The zero-order valence-corrected chi connectivity index (χ0v) is 13.5. The number of benzene rings is 1. The predicted octanol–water partition coefficient (Wildman–Crippen LogP) is 2.85. The van der Waals surface area contributed by atoms with Gasteiger partial charge in [0.15, 0.2) is 0 Å². The van der Waals surface area contributed by atoms with Gasteiger partial charge in [-0.25, -0.2) is 4.79 Å². The lowest BCUT2D eigenvalue weighted by Gasteiger charge is -2.15. The number of likely N-dealkylation sites (tertiary alicyclic amines) is 1. The first-order chi connectivity index (χ1) is 11.7. The number of hydrogen-bond donors (Lipinski definition) is 1.